The molecule has 0 aliphatic rings. The fraction of sp³-hybridized carbons (Fsp3) is 0.875. The van der Waals surface area contributed by atoms with Crippen molar-refractivity contribution in [3.63, 3.8) is 0 Å². The summed E-state index contributed by atoms with van der Waals surface area (Å²) in [5.41, 5.74) is 4.97. The summed E-state index contributed by atoms with van der Waals surface area (Å²) in [5.74, 6) is -2.86. The van der Waals surface area contributed by atoms with E-state index in [9.17, 15) is 13.2 Å². The van der Waals surface area contributed by atoms with E-state index < -0.39 is 24.5 Å². The molecule has 16 heavy (non-hydrogen) atoms. The molecule has 4 N–H and O–H groups in total. The third-order valence-electron chi connectivity index (χ3n) is 1.95. The Morgan fingerprint density at radius 3 is 2.50 bits per heavy atom. The Morgan fingerprint density at radius 1 is 1.56 bits per heavy atom. The van der Waals surface area contributed by atoms with E-state index in [1.807, 2.05) is 0 Å². The van der Waals surface area contributed by atoms with E-state index in [2.05, 4.69) is 10.5 Å². The summed E-state index contributed by atoms with van der Waals surface area (Å²) in [6.45, 7) is 1.49. The molecule has 0 amide bonds. The van der Waals surface area contributed by atoms with Crippen molar-refractivity contribution in [2.75, 3.05) is 20.3 Å². The van der Waals surface area contributed by atoms with Crippen molar-refractivity contribution >= 4 is 5.84 Å². The maximum Gasteiger partial charge on any atom is 0.400 e. The zero-order chi connectivity index (χ0) is 12.8. The molecule has 0 saturated heterocycles. The standard InChI is InChI=1S/C8H16F3N3O2/c1-5(4-16-2)13-3-6(7(12)14-15)8(9,10)11/h5-6,13,15H,3-4H2,1-2H3,(H2,12,14). The first-order chi connectivity index (χ1) is 7.32. The monoisotopic (exact) mass is 243 g/mol. The van der Waals surface area contributed by atoms with E-state index in [1.54, 1.807) is 6.92 Å². The van der Waals surface area contributed by atoms with E-state index in [0.717, 1.165) is 0 Å². The van der Waals surface area contributed by atoms with Gasteiger partial charge in [0.25, 0.3) is 0 Å². The highest BCUT2D eigenvalue weighted by Crippen LogP contribution is 2.25. The summed E-state index contributed by atoms with van der Waals surface area (Å²) in [6, 6.07) is -0.249. The van der Waals surface area contributed by atoms with Gasteiger partial charge in [0, 0.05) is 19.7 Å². The van der Waals surface area contributed by atoms with Crippen LogP contribution < -0.4 is 11.1 Å². The van der Waals surface area contributed by atoms with Crippen LogP contribution in [0.4, 0.5) is 13.2 Å². The van der Waals surface area contributed by atoms with Crippen LogP contribution in [-0.4, -0.2) is 43.5 Å². The van der Waals surface area contributed by atoms with Crippen LogP contribution in [0.5, 0.6) is 0 Å². The number of alkyl halides is 3. The average Bonchev–Trinajstić information content (AvgIpc) is 2.16. The van der Waals surface area contributed by atoms with E-state index >= 15 is 0 Å². The number of nitrogens with zero attached hydrogens (tertiary/aromatic N) is 1. The number of hydrogen-bond donors (Lipinski definition) is 3. The smallest absolute Gasteiger partial charge is 0.400 e. The first kappa shape index (κ1) is 15.0. The van der Waals surface area contributed by atoms with Crippen LogP contribution in [-0.2, 0) is 4.74 Å². The number of oxime groups is 1. The normalized spacial score (nSPS) is 17.2. The van der Waals surface area contributed by atoms with Gasteiger partial charge in [0.2, 0.25) is 0 Å². The van der Waals surface area contributed by atoms with Gasteiger partial charge in [0.15, 0.2) is 5.84 Å². The highest BCUT2D eigenvalue weighted by Gasteiger charge is 2.42. The summed E-state index contributed by atoms with van der Waals surface area (Å²) in [7, 11) is 1.45. The average molecular weight is 243 g/mol. The SMILES string of the molecule is COCC(C)NCC(C(N)=NO)C(F)(F)F. The molecule has 0 aliphatic heterocycles. The highest BCUT2D eigenvalue weighted by molar-refractivity contribution is 5.83. The molecule has 96 valence electrons. The summed E-state index contributed by atoms with van der Waals surface area (Å²) < 4.78 is 42.1. The van der Waals surface area contributed by atoms with Gasteiger partial charge < -0.3 is 21.0 Å². The Labute approximate surface area is 91.4 Å². The number of nitrogens with one attached hydrogen (secondary N) is 1. The topological polar surface area (TPSA) is 79.9 Å². The van der Waals surface area contributed by atoms with Crippen molar-refractivity contribution in [1.29, 1.82) is 0 Å². The Morgan fingerprint density at radius 2 is 2.12 bits per heavy atom. The van der Waals surface area contributed by atoms with Crippen LogP contribution in [0.1, 0.15) is 6.92 Å². The van der Waals surface area contributed by atoms with Crippen molar-refractivity contribution < 1.29 is 23.1 Å². The number of hydrogen-bond acceptors (Lipinski definition) is 4. The van der Waals surface area contributed by atoms with Gasteiger partial charge >= 0.3 is 6.18 Å². The van der Waals surface area contributed by atoms with Gasteiger partial charge in [0.05, 0.1) is 6.61 Å². The molecule has 0 fully saturated rings. The van der Waals surface area contributed by atoms with Gasteiger partial charge in [-0.1, -0.05) is 5.16 Å². The van der Waals surface area contributed by atoms with E-state index in [1.165, 1.54) is 7.11 Å². The second-order valence-electron chi connectivity index (χ2n) is 3.38. The fourth-order valence-corrected chi connectivity index (χ4v) is 1.09. The van der Waals surface area contributed by atoms with Crippen molar-refractivity contribution in [1.82, 2.24) is 5.32 Å². The molecular weight excluding hydrogens is 227 g/mol. The largest absolute Gasteiger partial charge is 0.409 e. The van der Waals surface area contributed by atoms with Gasteiger partial charge in [-0.3, -0.25) is 0 Å². The molecule has 0 saturated carbocycles. The van der Waals surface area contributed by atoms with E-state index in [4.69, 9.17) is 15.7 Å². The minimum absolute atomic E-state index is 0.249. The molecule has 0 spiro atoms. The maximum absolute atomic E-state index is 12.5. The van der Waals surface area contributed by atoms with Crippen LogP contribution in [0.2, 0.25) is 0 Å². The predicted octanol–water partition coefficient (Wildman–Crippen LogP) is 0.536. The Kier molecular flexibility index (Phi) is 6.12. The third-order valence-corrected chi connectivity index (χ3v) is 1.95. The summed E-state index contributed by atoms with van der Waals surface area (Å²) in [6.07, 6.45) is -4.55. The Bertz CT molecular complexity index is 233. The first-order valence-electron chi connectivity index (χ1n) is 4.59. The van der Waals surface area contributed by atoms with Crippen LogP contribution >= 0.6 is 0 Å². The van der Waals surface area contributed by atoms with Gasteiger partial charge in [-0.25, -0.2) is 0 Å². The lowest BCUT2D eigenvalue weighted by Crippen LogP contribution is -2.45. The van der Waals surface area contributed by atoms with Crippen LogP contribution in [0.15, 0.2) is 5.16 Å². The summed E-state index contributed by atoms with van der Waals surface area (Å²) in [5, 5.41) is 13.2. The number of ether oxygens (including phenoxy) is 1. The molecule has 0 aromatic rings. The Balaban J connectivity index is 4.35. The maximum atomic E-state index is 12.5. The second-order valence-corrected chi connectivity index (χ2v) is 3.38. The molecule has 2 unspecified atom stereocenters. The van der Waals surface area contributed by atoms with Gasteiger partial charge in [-0.2, -0.15) is 13.2 Å². The summed E-state index contributed by atoms with van der Waals surface area (Å²) in [4.78, 5) is 0. The summed E-state index contributed by atoms with van der Waals surface area (Å²) >= 11 is 0. The molecule has 0 aromatic carbocycles. The molecule has 0 radical (unpaired) electrons. The molecule has 0 aromatic heterocycles. The molecular formula is C8H16F3N3O2. The molecule has 0 bridgehead atoms. The number of amidine groups is 1. The number of nitrogens with two attached hydrogens (primary N) is 1. The van der Waals surface area contributed by atoms with Crippen molar-refractivity contribution in [3.05, 3.63) is 0 Å². The lowest BCUT2D eigenvalue weighted by Gasteiger charge is -2.21. The lowest BCUT2D eigenvalue weighted by molar-refractivity contribution is -0.155. The van der Waals surface area contributed by atoms with Gasteiger partial charge in [0.1, 0.15) is 5.92 Å². The van der Waals surface area contributed by atoms with Crippen molar-refractivity contribution in [3.8, 4) is 0 Å². The van der Waals surface area contributed by atoms with Crippen LogP contribution in [0.3, 0.4) is 0 Å². The third kappa shape index (κ3) is 5.17. The number of methoxy groups -OCH3 is 1. The molecule has 0 rings (SSSR count). The minimum atomic E-state index is -4.55. The van der Waals surface area contributed by atoms with Crippen molar-refractivity contribution in [2.24, 2.45) is 16.8 Å². The quantitative estimate of drug-likeness (QED) is 0.275. The highest BCUT2D eigenvalue weighted by atomic mass is 19.4. The van der Waals surface area contributed by atoms with Crippen LogP contribution in [0, 0.1) is 5.92 Å². The van der Waals surface area contributed by atoms with Crippen molar-refractivity contribution in [2.45, 2.75) is 19.1 Å². The number of rotatable bonds is 6. The fourth-order valence-electron chi connectivity index (χ4n) is 1.09. The molecule has 8 heteroatoms. The Hall–Kier alpha value is -1.02. The van der Waals surface area contributed by atoms with Gasteiger partial charge in [-0.05, 0) is 6.92 Å². The zero-order valence-corrected chi connectivity index (χ0v) is 9.08. The van der Waals surface area contributed by atoms with E-state index in [-0.39, 0.29) is 12.6 Å². The lowest BCUT2D eigenvalue weighted by atomic mass is 10.1. The zero-order valence-electron chi connectivity index (χ0n) is 9.08. The second kappa shape index (κ2) is 6.54. The molecule has 5 nitrogen and oxygen atoms in total. The molecule has 0 heterocycles. The minimum Gasteiger partial charge on any atom is -0.409 e. The molecule has 0 aliphatic carbocycles. The predicted molar refractivity (Wildman–Crippen MR) is 52.3 cm³/mol. The number of halogens is 3. The van der Waals surface area contributed by atoms with E-state index in [0.29, 0.717) is 0 Å². The van der Waals surface area contributed by atoms with Gasteiger partial charge in [-0.15, -0.1) is 0 Å². The van der Waals surface area contributed by atoms with Crippen LogP contribution in [0.25, 0.3) is 0 Å². The molecule has 2 atom stereocenters. The first-order valence-corrected chi connectivity index (χ1v) is 4.59.